The van der Waals surface area contributed by atoms with Gasteiger partial charge in [0.15, 0.2) is 0 Å². The predicted octanol–water partition coefficient (Wildman–Crippen LogP) is 3.77. The Labute approximate surface area is 149 Å². The first-order valence-corrected chi connectivity index (χ1v) is 7.99. The summed E-state index contributed by atoms with van der Waals surface area (Å²) in [6.07, 6.45) is 6.80. The van der Waals surface area contributed by atoms with Crippen LogP contribution in [0.4, 0.5) is 5.69 Å². The molecule has 26 heavy (non-hydrogen) atoms. The second-order valence-electron chi connectivity index (χ2n) is 5.66. The topological polar surface area (TPSA) is 92.8 Å². The number of benzene rings is 1. The van der Waals surface area contributed by atoms with Gasteiger partial charge in [0.1, 0.15) is 17.7 Å². The summed E-state index contributed by atoms with van der Waals surface area (Å²) in [5, 5.41) is 3.50. The summed E-state index contributed by atoms with van der Waals surface area (Å²) in [6.45, 7) is 1.46. The van der Waals surface area contributed by atoms with Gasteiger partial charge in [0.2, 0.25) is 11.8 Å². The highest BCUT2D eigenvalue weighted by atomic mass is 16.5. The van der Waals surface area contributed by atoms with Crippen LogP contribution in [0.1, 0.15) is 6.92 Å². The number of rotatable bonds is 4. The van der Waals surface area contributed by atoms with Crippen molar-refractivity contribution in [2.75, 3.05) is 5.32 Å². The number of ether oxygens (including phenoxy) is 1. The Kier molecular flexibility index (Phi) is 4.03. The highest BCUT2D eigenvalue weighted by molar-refractivity contribution is 5.97. The van der Waals surface area contributed by atoms with Crippen LogP contribution in [-0.2, 0) is 4.79 Å². The molecule has 3 heterocycles. The minimum absolute atomic E-state index is 0.143. The van der Waals surface area contributed by atoms with Crippen molar-refractivity contribution in [2.45, 2.75) is 6.92 Å². The van der Waals surface area contributed by atoms with E-state index < -0.39 is 0 Å². The smallest absolute Gasteiger partial charge is 0.232 e. The Morgan fingerprint density at radius 1 is 1.19 bits per heavy atom. The highest BCUT2D eigenvalue weighted by Crippen LogP contribution is 2.35. The summed E-state index contributed by atoms with van der Waals surface area (Å²) in [6, 6.07) is 11.0. The van der Waals surface area contributed by atoms with Crippen LogP contribution in [-0.4, -0.2) is 25.8 Å². The largest absolute Gasteiger partial charge is 0.438 e. The van der Waals surface area contributed by atoms with Crippen molar-refractivity contribution in [1.29, 1.82) is 0 Å². The molecular weight excluding hydrogens is 330 g/mol. The van der Waals surface area contributed by atoms with Gasteiger partial charge < -0.3 is 15.0 Å². The fourth-order valence-corrected chi connectivity index (χ4v) is 2.71. The lowest BCUT2D eigenvalue weighted by Gasteiger charge is -2.09. The summed E-state index contributed by atoms with van der Waals surface area (Å²) in [4.78, 5) is 27.1. The Morgan fingerprint density at radius 2 is 2.12 bits per heavy atom. The number of carbonyl (C=O) groups excluding carboxylic acids is 1. The normalized spacial score (nSPS) is 10.7. The Morgan fingerprint density at radius 3 is 2.92 bits per heavy atom. The molecule has 0 bridgehead atoms. The van der Waals surface area contributed by atoms with Crippen LogP contribution in [0.3, 0.4) is 0 Å². The lowest BCUT2D eigenvalue weighted by atomic mass is 10.1. The van der Waals surface area contributed by atoms with E-state index in [1.165, 1.54) is 13.3 Å². The lowest BCUT2D eigenvalue weighted by Crippen LogP contribution is -2.05. The van der Waals surface area contributed by atoms with Gasteiger partial charge in [-0.25, -0.2) is 9.97 Å². The molecule has 0 aliphatic rings. The number of nitrogens with zero attached hydrogens (tertiary/aromatic N) is 3. The number of anilines is 1. The monoisotopic (exact) mass is 345 g/mol. The van der Waals surface area contributed by atoms with Gasteiger partial charge in [0, 0.05) is 48.4 Å². The van der Waals surface area contributed by atoms with Gasteiger partial charge in [-0.15, -0.1) is 0 Å². The van der Waals surface area contributed by atoms with Crippen molar-refractivity contribution in [3.05, 3.63) is 61.3 Å². The number of hydrogen-bond acceptors (Lipinski definition) is 5. The second-order valence-corrected chi connectivity index (χ2v) is 5.66. The maximum absolute atomic E-state index is 11.2. The number of nitrogens with one attached hydrogen (secondary N) is 2. The van der Waals surface area contributed by atoms with Crippen molar-refractivity contribution in [3.63, 3.8) is 0 Å². The number of pyridine rings is 1. The molecule has 3 aromatic heterocycles. The minimum Gasteiger partial charge on any atom is -0.438 e. The van der Waals surface area contributed by atoms with Gasteiger partial charge in [-0.3, -0.25) is 9.78 Å². The first-order chi connectivity index (χ1) is 12.7. The summed E-state index contributed by atoms with van der Waals surface area (Å²) < 4.78 is 5.99. The molecule has 0 aliphatic carbocycles. The summed E-state index contributed by atoms with van der Waals surface area (Å²) in [7, 11) is 0. The van der Waals surface area contributed by atoms with E-state index in [4.69, 9.17) is 4.74 Å². The van der Waals surface area contributed by atoms with E-state index in [1.807, 2.05) is 18.3 Å². The number of carbonyl (C=O) groups is 1. The van der Waals surface area contributed by atoms with E-state index in [0.29, 0.717) is 23.0 Å². The number of fused-ring (bicyclic) bond motifs is 1. The maximum Gasteiger partial charge on any atom is 0.232 e. The van der Waals surface area contributed by atoms with Crippen LogP contribution < -0.4 is 10.1 Å². The van der Waals surface area contributed by atoms with E-state index in [9.17, 15) is 4.79 Å². The van der Waals surface area contributed by atoms with Crippen molar-refractivity contribution >= 4 is 22.6 Å². The van der Waals surface area contributed by atoms with Crippen LogP contribution in [0.2, 0.25) is 0 Å². The molecule has 0 saturated heterocycles. The summed E-state index contributed by atoms with van der Waals surface area (Å²) in [5.74, 6) is 0.848. The Balaban J connectivity index is 1.76. The van der Waals surface area contributed by atoms with Gasteiger partial charge in [-0.2, -0.15) is 0 Å². The van der Waals surface area contributed by atoms with Crippen LogP contribution in [0.25, 0.3) is 22.2 Å². The van der Waals surface area contributed by atoms with E-state index in [-0.39, 0.29) is 5.91 Å². The molecule has 4 aromatic rings. The SMILES string of the molecule is CC(=O)Nc1cccc(Oc2ncnc3[nH]cc(-c4cccnc4)c23)c1. The van der Waals surface area contributed by atoms with Crippen molar-refractivity contribution in [3.8, 4) is 22.8 Å². The third-order valence-corrected chi connectivity index (χ3v) is 3.78. The van der Waals surface area contributed by atoms with Crippen LogP contribution in [0.5, 0.6) is 11.6 Å². The Hall–Kier alpha value is -3.74. The molecule has 0 fully saturated rings. The fourth-order valence-electron chi connectivity index (χ4n) is 2.71. The molecule has 128 valence electrons. The number of amides is 1. The average molecular weight is 345 g/mol. The standard InChI is InChI=1S/C19H15N5O2/c1-12(25)24-14-5-2-6-15(8-14)26-19-17-16(13-4-3-7-20-9-13)10-21-18(17)22-11-23-19/h2-11H,1H3,(H,24,25)(H,21,22,23). The fraction of sp³-hybridized carbons (Fsp3) is 0.0526. The summed E-state index contributed by atoms with van der Waals surface area (Å²) in [5.41, 5.74) is 3.17. The van der Waals surface area contributed by atoms with Crippen LogP contribution in [0.15, 0.2) is 61.3 Å². The molecular formula is C19H15N5O2. The van der Waals surface area contributed by atoms with Gasteiger partial charge in [0.25, 0.3) is 0 Å². The predicted molar refractivity (Wildman–Crippen MR) is 97.9 cm³/mol. The molecule has 4 rings (SSSR count). The van der Waals surface area contributed by atoms with E-state index in [2.05, 4.69) is 25.3 Å². The average Bonchev–Trinajstić information content (AvgIpc) is 3.07. The number of hydrogen-bond donors (Lipinski definition) is 2. The zero-order valence-corrected chi connectivity index (χ0v) is 13.9. The van der Waals surface area contributed by atoms with Crippen molar-refractivity contribution < 1.29 is 9.53 Å². The number of H-pyrrole nitrogens is 1. The van der Waals surface area contributed by atoms with E-state index in [1.54, 1.807) is 36.7 Å². The van der Waals surface area contributed by atoms with Gasteiger partial charge in [0.05, 0.1) is 5.39 Å². The van der Waals surface area contributed by atoms with Crippen molar-refractivity contribution in [1.82, 2.24) is 19.9 Å². The van der Waals surface area contributed by atoms with Crippen LogP contribution >= 0.6 is 0 Å². The first kappa shape index (κ1) is 15.8. The molecule has 1 aromatic carbocycles. The zero-order valence-electron chi connectivity index (χ0n) is 13.9. The lowest BCUT2D eigenvalue weighted by molar-refractivity contribution is -0.114. The molecule has 0 saturated carbocycles. The molecule has 1 amide bonds. The quantitative estimate of drug-likeness (QED) is 0.587. The molecule has 7 heteroatoms. The molecule has 2 N–H and O–H groups in total. The third kappa shape index (κ3) is 3.10. The van der Waals surface area contributed by atoms with Gasteiger partial charge >= 0.3 is 0 Å². The molecule has 7 nitrogen and oxygen atoms in total. The van der Waals surface area contributed by atoms with Crippen LogP contribution in [0, 0.1) is 0 Å². The molecule has 0 unspecified atom stereocenters. The molecule has 0 atom stereocenters. The highest BCUT2D eigenvalue weighted by Gasteiger charge is 2.14. The summed E-state index contributed by atoms with van der Waals surface area (Å²) >= 11 is 0. The number of aromatic amines is 1. The van der Waals surface area contributed by atoms with E-state index in [0.717, 1.165) is 16.5 Å². The number of aromatic nitrogens is 4. The van der Waals surface area contributed by atoms with Gasteiger partial charge in [-0.05, 0) is 18.2 Å². The molecule has 0 aliphatic heterocycles. The maximum atomic E-state index is 11.2. The van der Waals surface area contributed by atoms with Gasteiger partial charge in [-0.1, -0.05) is 12.1 Å². The zero-order chi connectivity index (χ0) is 17.9. The van der Waals surface area contributed by atoms with Crippen molar-refractivity contribution in [2.24, 2.45) is 0 Å². The van der Waals surface area contributed by atoms with E-state index >= 15 is 0 Å². The second kappa shape index (κ2) is 6.64. The molecule has 0 radical (unpaired) electrons. The molecule has 0 spiro atoms. The first-order valence-electron chi connectivity index (χ1n) is 7.99. The minimum atomic E-state index is -0.143. The third-order valence-electron chi connectivity index (χ3n) is 3.78. The Bertz CT molecular complexity index is 1080.